The van der Waals surface area contributed by atoms with E-state index in [9.17, 15) is 4.79 Å². The number of nitrogens with one attached hydrogen (secondary N) is 2. The zero-order chi connectivity index (χ0) is 15.0. The average molecular weight is 280 g/mol. The van der Waals surface area contributed by atoms with E-state index in [0.717, 1.165) is 13.0 Å². The molecule has 0 bridgehead atoms. The average Bonchev–Trinajstić information content (AvgIpc) is 2.43. The molecule has 0 radical (unpaired) electrons. The third kappa shape index (κ3) is 5.52. The van der Waals surface area contributed by atoms with E-state index in [4.69, 9.17) is 4.74 Å². The molecule has 6 nitrogen and oxygen atoms in total. The number of hydrogen-bond acceptors (Lipinski definition) is 5. The van der Waals surface area contributed by atoms with Gasteiger partial charge in [-0.05, 0) is 27.2 Å². The van der Waals surface area contributed by atoms with Crippen LogP contribution in [0.5, 0.6) is 0 Å². The molecule has 1 aromatic heterocycles. The molecule has 112 valence electrons. The van der Waals surface area contributed by atoms with Crippen molar-refractivity contribution in [2.45, 2.75) is 39.7 Å². The van der Waals surface area contributed by atoms with Crippen molar-refractivity contribution in [3.8, 4) is 0 Å². The van der Waals surface area contributed by atoms with E-state index in [1.54, 1.807) is 6.20 Å². The largest absolute Gasteiger partial charge is 0.374 e. The first-order valence-corrected chi connectivity index (χ1v) is 6.96. The molecule has 0 aliphatic rings. The number of anilines is 1. The molecule has 0 saturated heterocycles. The fourth-order valence-corrected chi connectivity index (χ4v) is 1.62. The van der Waals surface area contributed by atoms with Gasteiger partial charge in [0.1, 0.15) is 11.5 Å². The number of amides is 1. The van der Waals surface area contributed by atoms with Crippen LogP contribution < -0.4 is 10.6 Å². The van der Waals surface area contributed by atoms with Crippen molar-refractivity contribution in [1.29, 1.82) is 0 Å². The van der Waals surface area contributed by atoms with Crippen LogP contribution >= 0.6 is 0 Å². The van der Waals surface area contributed by atoms with Gasteiger partial charge in [-0.3, -0.25) is 4.79 Å². The van der Waals surface area contributed by atoms with E-state index in [0.29, 0.717) is 24.7 Å². The summed E-state index contributed by atoms with van der Waals surface area (Å²) in [5.41, 5.74) is -0.0835. The van der Waals surface area contributed by atoms with Crippen molar-refractivity contribution in [2.75, 3.05) is 25.0 Å². The van der Waals surface area contributed by atoms with Crippen LogP contribution in [0.15, 0.2) is 12.4 Å². The van der Waals surface area contributed by atoms with Crippen molar-refractivity contribution in [1.82, 2.24) is 15.3 Å². The molecule has 1 rings (SSSR count). The quantitative estimate of drug-likeness (QED) is 0.760. The second kappa shape index (κ2) is 7.79. The SMILES string of the molecule is CCCNc1cnc(C(=O)NCC(C)(C)OCC)cn1. The zero-order valence-electron chi connectivity index (χ0n) is 12.7. The van der Waals surface area contributed by atoms with Gasteiger partial charge in [0.2, 0.25) is 0 Å². The molecule has 0 aliphatic heterocycles. The second-order valence-corrected chi connectivity index (χ2v) is 5.09. The van der Waals surface area contributed by atoms with Crippen LogP contribution in [0.25, 0.3) is 0 Å². The molecule has 1 heterocycles. The maximum absolute atomic E-state index is 11.9. The summed E-state index contributed by atoms with van der Waals surface area (Å²) < 4.78 is 5.52. The van der Waals surface area contributed by atoms with E-state index < -0.39 is 0 Å². The summed E-state index contributed by atoms with van der Waals surface area (Å²) in [6, 6.07) is 0. The minimum atomic E-state index is -0.388. The van der Waals surface area contributed by atoms with Gasteiger partial charge < -0.3 is 15.4 Å². The Bertz CT molecular complexity index is 418. The predicted molar refractivity (Wildman–Crippen MR) is 78.9 cm³/mol. The summed E-state index contributed by atoms with van der Waals surface area (Å²) >= 11 is 0. The molecule has 0 saturated carbocycles. The molecule has 1 aromatic rings. The second-order valence-electron chi connectivity index (χ2n) is 5.09. The van der Waals surface area contributed by atoms with Crippen LogP contribution in [-0.2, 0) is 4.74 Å². The van der Waals surface area contributed by atoms with E-state index in [1.807, 2.05) is 20.8 Å². The van der Waals surface area contributed by atoms with Crippen LogP contribution in [0.4, 0.5) is 5.82 Å². The Morgan fingerprint density at radius 3 is 2.60 bits per heavy atom. The molecule has 0 aliphatic carbocycles. The van der Waals surface area contributed by atoms with Gasteiger partial charge in [0.05, 0.1) is 18.0 Å². The van der Waals surface area contributed by atoms with Gasteiger partial charge in [0.25, 0.3) is 5.91 Å². The number of carbonyl (C=O) groups is 1. The van der Waals surface area contributed by atoms with Gasteiger partial charge in [0.15, 0.2) is 0 Å². The Morgan fingerprint density at radius 1 is 1.30 bits per heavy atom. The number of rotatable bonds is 8. The lowest BCUT2D eigenvalue weighted by Crippen LogP contribution is -2.40. The Hall–Kier alpha value is -1.69. The number of nitrogens with zero attached hydrogens (tertiary/aromatic N) is 2. The summed E-state index contributed by atoms with van der Waals surface area (Å²) in [5, 5.41) is 5.91. The summed E-state index contributed by atoms with van der Waals surface area (Å²) in [6.45, 7) is 9.74. The first-order valence-electron chi connectivity index (χ1n) is 6.96. The lowest BCUT2D eigenvalue weighted by molar-refractivity contribution is -0.00818. The van der Waals surface area contributed by atoms with E-state index >= 15 is 0 Å². The van der Waals surface area contributed by atoms with Crippen molar-refractivity contribution in [3.05, 3.63) is 18.1 Å². The Kier molecular flexibility index (Phi) is 6.38. The smallest absolute Gasteiger partial charge is 0.271 e. The first-order chi connectivity index (χ1) is 9.48. The summed E-state index contributed by atoms with van der Waals surface area (Å²) in [7, 11) is 0. The maximum Gasteiger partial charge on any atom is 0.271 e. The third-order valence-corrected chi connectivity index (χ3v) is 2.65. The van der Waals surface area contributed by atoms with Crippen molar-refractivity contribution < 1.29 is 9.53 Å². The molecule has 0 fully saturated rings. The highest BCUT2D eigenvalue weighted by Crippen LogP contribution is 2.07. The summed E-state index contributed by atoms with van der Waals surface area (Å²) in [6.07, 6.45) is 4.05. The van der Waals surface area contributed by atoms with Crippen LogP contribution in [0.2, 0.25) is 0 Å². The topological polar surface area (TPSA) is 76.1 Å². The lowest BCUT2D eigenvalue weighted by atomic mass is 10.1. The Labute approximate surface area is 120 Å². The highest BCUT2D eigenvalue weighted by Gasteiger charge is 2.19. The third-order valence-electron chi connectivity index (χ3n) is 2.65. The molecule has 6 heteroatoms. The van der Waals surface area contributed by atoms with Gasteiger partial charge in [0, 0.05) is 19.7 Å². The monoisotopic (exact) mass is 280 g/mol. The molecule has 20 heavy (non-hydrogen) atoms. The van der Waals surface area contributed by atoms with Crippen LogP contribution in [0.1, 0.15) is 44.6 Å². The molecule has 0 spiro atoms. The molecular formula is C14H24N4O2. The highest BCUT2D eigenvalue weighted by atomic mass is 16.5. The lowest BCUT2D eigenvalue weighted by Gasteiger charge is -2.24. The van der Waals surface area contributed by atoms with Gasteiger partial charge in [-0.15, -0.1) is 0 Å². The van der Waals surface area contributed by atoms with Gasteiger partial charge in [-0.25, -0.2) is 9.97 Å². The minimum Gasteiger partial charge on any atom is -0.374 e. The normalized spacial score (nSPS) is 11.2. The van der Waals surface area contributed by atoms with Crippen molar-refractivity contribution in [3.63, 3.8) is 0 Å². The zero-order valence-corrected chi connectivity index (χ0v) is 12.7. The number of carbonyl (C=O) groups excluding carboxylic acids is 1. The standard InChI is InChI=1S/C14H24N4O2/c1-5-7-15-12-9-16-11(8-17-12)13(19)18-10-14(3,4)20-6-2/h8-9H,5-7,10H2,1-4H3,(H,15,17)(H,18,19). The summed E-state index contributed by atoms with van der Waals surface area (Å²) in [5.74, 6) is 0.436. The molecular weight excluding hydrogens is 256 g/mol. The number of aromatic nitrogens is 2. The van der Waals surface area contributed by atoms with Crippen LogP contribution in [0, 0.1) is 0 Å². The van der Waals surface area contributed by atoms with Crippen molar-refractivity contribution >= 4 is 11.7 Å². The van der Waals surface area contributed by atoms with Gasteiger partial charge in [-0.2, -0.15) is 0 Å². The van der Waals surface area contributed by atoms with Gasteiger partial charge in [-0.1, -0.05) is 6.92 Å². The van der Waals surface area contributed by atoms with Crippen molar-refractivity contribution in [2.24, 2.45) is 0 Å². The summed E-state index contributed by atoms with van der Waals surface area (Å²) in [4.78, 5) is 20.2. The first kappa shape index (κ1) is 16.4. The fourth-order valence-electron chi connectivity index (χ4n) is 1.62. The molecule has 0 unspecified atom stereocenters. The minimum absolute atomic E-state index is 0.243. The Balaban J connectivity index is 2.51. The van der Waals surface area contributed by atoms with Gasteiger partial charge >= 0.3 is 0 Å². The molecule has 0 aromatic carbocycles. The molecule has 0 atom stereocenters. The highest BCUT2D eigenvalue weighted by molar-refractivity contribution is 5.92. The fraction of sp³-hybridized carbons (Fsp3) is 0.643. The number of hydrogen-bond donors (Lipinski definition) is 2. The van der Waals surface area contributed by atoms with Crippen LogP contribution in [0.3, 0.4) is 0 Å². The molecule has 2 N–H and O–H groups in total. The molecule has 1 amide bonds. The Morgan fingerprint density at radius 2 is 2.05 bits per heavy atom. The van der Waals surface area contributed by atoms with E-state index in [1.165, 1.54) is 6.20 Å². The number of ether oxygens (including phenoxy) is 1. The van der Waals surface area contributed by atoms with E-state index in [2.05, 4.69) is 27.5 Å². The van der Waals surface area contributed by atoms with Crippen LogP contribution in [-0.4, -0.2) is 41.2 Å². The van der Waals surface area contributed by atoms with E-state index in [-0.39, 0.29) is 11.5 Å². The predicted octanol–water partition coefficient (Wildman–Crippen LogP) is 1.84. The maximum atomic E-state index is 11.9.